The van der Waals surface area contributed by atoms with Crippen molar-refractivity contribution < 1.29 is 13.9 Å². The van der Waals surface area contributed by atoms with Crippen LogP contribution in [0, 0.1) is 0 Å². The predicted octanol–water partition coefficient (Wildman–Crippen LogP) is 4.90. The number of rotatable bonds is 7. The van der Waals surface area contributed by atoms with Gasteiger partial charge < -0.3 is 19.4 Å². The molecule has 31 heavy (non-hydrogen) atoms. The largest absolute Gasteiger partial charge is 0.465 e. The summed E-state index contributed by atoms with van der Waals surface area (Å²) in [5.41, 5.74) is 2.07. The minimum atomic E-state index is -0.395. The van der Waals surface area contributed by atoms with Crippen LogP contribution in [0.3, 0.4) is 0 Å². The minimum Gasteiger partial charge on any atom is -0.465 e. The van der Waals surface area contributed by atoms with E-state index in [9.17, 15) is 4.79 Å². The predicted molar refractivity (Wildman–Crippen MR) is 123 cm³/mol. The smallest absolute Gasteiger partial charge is 0.338 e. The Morgan fingerprint density at radius 3 is 2.74 bits per heavy atom. The van der Waals surface area contributed by atoms with Crippen LogP contribution in [0.2, 0.25) is 0 Å². The zero-order chi connectivity index (χ0) is 21.8. The average molecular weight is 436 g/mol. The van der Waals surface area contributed by atoms with Gasteiger partial charge >= 0.3 is 5.97 Å². The van der Waals surface area contributed by atoms with E-state index < -0.39 is 5.97 Å². The molecule has 0 saturated carbocycles. The van der Waals surface area contributed by atoms with Gasteiger partial charge in [0.2, 0.25) is 0 Å². The zero-order valence-electron chi connectivity index (χ0n) is 17.6. The molecule has 6 nitrogen and oxygen atoms in total. The Morgan fingerprint density at radius 2 is 2.00 bits per heavy atom. The molecule has 0 radical (unpaired) electrons. The zero-order valence-corrected chi connectivity index (χ0v) is 18.4. The van der Waals surface area contributed by atoms with Crippen molar-refractivity contribution in [3.63, 3.8) is 0 Å². The lowest BCUT2D eigenvalue weighted by molar-refractivity contribution is 0.0601. The summed E-state index contributed by atoms with van der Waals surface area (Å²) in [6, 6.07) is 16.7. The summed E-state index contributed by atoms with van der Waals surface area (Å²) in [6.45, 7) is 2.98. The van der Waals surface area contributed by atoms with Gasteiger partial charge in [-0.25, -0.2) is 4.79 Å². The molecule has 1 fully saturated rings. The highest BCUT2D eigenvalue weighted by Gasteiger charge is 2.41. The molecule has 4 rings (SSSR count). The van der Waals surface area contributed by atoms with Crippen molar-refractivity contribution in [2.24, 2.45) is 0 Å². The number of pyridine rings is 1. The highest BCUT2D eigenvalue weighted by atomic mass is 32.1. The van der Waals surface area contributed by atoms with Crippen LogP contribution in [-0.2, 0) is 4.74 Å². The van der Waals surface area contributed by atoms with E-state index in [-0.39, 0.29) is 12.1 Å². The molecule has 0 aliphatic carbocycles. The summed E-state index contributed by atoms with van der Waals surface area (Å²) in [7, 11) is 1.38. The first-order valence-corrected chi connectivity index (χ1v) is 10.8. The molecule has 0 bridgehead atoms. The van der Waals surface area contributed by atoms with Crippen LogP contribution >= 0.6 is 12.2 Å². The Morgan fingerprint density at radius 1 is 1.19 bits per heavy atom. The normalized spacial score (nSPS) is 18.1. The second-order valence-corrected chi connectivity index (χ2v) is 7.80. The molecular weight excluding hydrogens is 410 g/mol. The van der Waals surface area contributed by atoms with Crippen molar-refractivity contribution in [1.82, 2.24) is 15.2 Å². The Kier molecular flexibility index (Phi) is 6.32. The van der Waals surface area contributed by atoms with Crippen molar-refractivity contribution in [3.05, 3.63) is 77.8 Å². The standard InChI is InChI=1S/C24H25N3O3S/c1-3-4-15-27-22(21(26-24(27)31)18-11-7-8-14-25-18)20-13-12-19(30-20)16-9-5-6-10-17(16)23(28)29-2/h5-14,21-22H,3-4,15H2,1-2H3,(H,26,31)/t21-,22+/m0/s1. The fourth-order valence-corrected chi connectivity index (χ4v) is 4.26. The van der Waals surface area contributed by atoms with Crippen LogP contribution in [0.15, 0.2) is 65.2 Å². The van der Waals surface area contributed by atoms with Gasteiger partial charge in [0, 0.05) is 18.3 Å². The molecule has 1 aliphatic heterocycles. The van der Waals surface area contributed by atoms with E-state index in [1.165, 1.54) is 7.11 Å². The molecule has 3 heterocycles. The van der Waals surface area contributed by atoms with Crippen LogP contribution in [-0.4, -0.2) is 34.6 Å². The number of thiocarbonyl (C=S) groups is 1. The second kappa shape index (κ2) is 9.31. The molecule has 0 spiro atoms. The number of carbonyl (C=O) groups excluding carboxylic acids is 1. The average Bonchev–Trinajstić information content (AvgIpc) is 3.42. The summed E-state index contributed by atoms with van der Waals surface area (Å²) in [5.74, 6) is 0.992. The molecule has 7 heteroatoms. The molecule has 0 unspecified atom stereocenters. The fraction of sp³-hybridized carbons (Fsp3) is 0.292. The summed E-state index contributed by atoms with van der Waals surface area (Å²) in [6.07, 6.45) is 3.87. The van der Waals surface area contributed by atoms with Gasteiger partial charge in [0.05, 0.1) is 24.4 Å². The second-order valence-electron chi connectivity index (χ2n) is 7.41. The van der Waals surface area contributed by atoms with Gasteiger partial charge in [-0.1, -0.05) is 37.6 Å². The highest BCUT2D eigenvalue weighted by Crippen LogP contribution is 2.40. The number of methoxy groups -OCH3 is 1. The molecular formula is C24H25N3O3S. The molecule has 1 N–H and O–H groups in total. The van der Waals surface area contributed by atoms with E-state index >= 15 is 0 Å². The number of carbonyl (C=O) groups is 1. The van der Waals surface area contributed by atoms with Crippen molar-refractivity contribution in [3.8, 4) is 11.3 Å². The number of nitrogens with zero attached hydrogens (tertiary/aromatic N) is 2. The van der Waals surface area contributed by atoms with Crippen molar-refractivity contribution in [1.29, 1.82) is 0 Å². The van der Waals surface area contributed by atoms with Crippen LogP contribution in [0.1, 0.15) is 53.7 Å². The lowest BCUT2D eigenvalue weighted by Gasteiger charge is -2.25. The van der Waals surface area contributed by atoms with E-state index in [1.807, 2.05) is 48.5 Å². The van der Waals surface area contributed by atoms with E-state index in [4.69, 9.17) is 21.4 Å². The number of ether oxygens (including phenoxy) is 1. The minimum absolute atomic E-state index is 0.125. The van der Waals surface area contributed by atoms with Crippen LogP contribution < -0.4 is 5.32 Å². The van der Waals surface area contributed by atoms with Gasteiger partial charge in [-0.15, -0.1) is 0 Å². The SMILES string of the molecule is CCCCN1C(=S)N[C@@H](c2ccccn2)[C@H]1c1ccc(-c2ccccc2C(=O)OC)o1. The molecule has 160 valence electrons. The van der Waals surface area contributed by atoms with Crippen LogP contribution in [0.4, 0.5) is 0 Å². The molecule has 2 atom stereocenters. The first-order valence-electron chi connectivity index (χ1n) is 10.4. The van der Waals surface area contributed by atoms with Gasteiger partial charge in [0.1, 0.15) is 17.6 Å². The first-order chi connectivity index (χ1) is 15.1. The highest BCUT2D eigenvalue weighted by molar-refractivity contribution is 7.80. The monoisotopic (exact) mass is 435 g/mol. The van der Waals surface area contributed by atoms with Gasteiger partial charge in [-0.2, -0.15) is 0 Å². The summed E-state index contributed by atoms with van der Waals surface area (Å²) in [5, 5.41) is 4.12. The third kappa shape index (κ3) is 4.18. The van der Waals surface area contributed by atoms with Crippen molar-refractivity contribution in [2.45, 2.75) is 31.8 Å². The molecule has 1 saturated heterocycles. The molecule has 3 aromatic rings. The Balaban J connectivity index is 1.73. The number of aromatic nitrogens is 1. The molecule has 0 amide bonds. The Bertz CT molecular complexity index is 1070. The third-order valence-electron chi connectivity index (χ3n) is 5.47. The van der Waals surface area contributed by atoms with E-state index in [2.05, 4.69) is 22.1 Å². The summed E-state index contributed by atoms with van der Waals surface area (Å²) < 4.78 is 11.3. The topological polar surface area (TPSA) is 67.6 Å². The molecule has 1 aromatic carbocycles. The van der Waals surface area contributed by atoms with E-state index in [1.54, 1.807) is 12.3 Å². The maximum Gasteiger partial charge on any atom is 0.338 e. The number of hydrogen-bond donors (Lipinski definition) is 1. The van der Waals surface area contributed by atoms with E-state index in [0.717, 1.165) is 30.8 Å². The maximum absolute atomic E-state index is 12.2. The quantitative estimate of drug-likeness (QED) is 0.418. The lowest BCUT2D eigenvalue weighted by atomic mass is 10.0. The number of hydrogen-bond acceptors (Lipinski definition) is 5. The van der Waals surface area contributed by atoms with Crippen molar-refractivity contribution in [2.75, 3.05) is 13.7 Å². The van der Waals surface area contributed by atoms with Gasteiger partial charge in [-0.3, -0.25) is 4.98 Å². The summed E-state index contributed by atoms with van der Waals surface area (Å²) >= 11 is 5.66. The van der Waals surface area contributed by atoms with Gasteiger partial charge in [-0.05, 0) is 49.0 Å². The number of benzene rings is 1. The van der Waals surface area contributed by atoms with E-state index in [0.29, 0.717) is 22.0 Å². The number of unbranched alkanes of at least 4 members (excludes halogenated alkanes) is 1. The third-order valence-corrected chi connectivity index (χ3v) is 5.82. The van der Waals surface area contributed by atoms with Crippen LogP contribution in [0.5, 0.6) is 0 Å². The van der Waals surface area contributed by atoms with Crippen LogP contribution in [0.25, 0.3) is 11.3 Å². The van der Waals surface area contributed by atoms with Crippen molar-refractivity contribution >= 4 is 23.3 Å². The number of furan rings is 1. The maximum atomic E-state index is 12.2. The Hall–Kier alpha value is -3.19. The van der Waals surface area contributed by atoms with Gasteiger partial charge in [0.15, 0.2) is 5.11 Å². The van der Waals surface area contributed by atoms with Gasteiger partial charge in [0.25, 0.3) is 0 Å². The summed E-state index contributed by atoms with van der Waals surface area (Å²) in [4.78, 5) is 18.9. The number of esters is 1. The molecule has 1 aliphatic rings. The fourth-order valence-electron chi connectivity index (χ4n) is 3.93. The lowest BCUT2D eigenvalue weighted by Crippen LogP contribution is -2.30. The number of nitrogens with one attached hydrogen (secondary N) is 1. The Labute approximate surface area is 187 Å². The first kappa shape index (κ1) is 21.1. The molecule has 2 aromatic heterocycles.